The molecule has 0 bridgehead atoms. The molecule has 10 heteroatoms. The Balaban J connectivity index is 0.00000341. The van der Waals surface area contributed by atoms with Crippen LogP contribution in [0.2, 0.25) is 0 Å². The largest absolute Gasteiger partial charge is 0.401 e. The molecular formula is C21H30F3IN6. The smallest absolute Gasteiger partial charge is 0.356 e. The minimum Gasteiger partial charge on any atom is -0.356 e. The lowest BCUT2D eigenvalue weighted by Gasteiger charge is -2.19. The number of halogens is 4. The van der Waals surface area contributed by atoms with Gasteiger partial charge in [0.15, 0.2) is 5.96 Å². The highest BCUT2D eigenvalue weighted by Gasteiger charge is 2.34. The van der Waals surface area contributed by atoms with Gasteiger partial charge in [-0.2, -0.15) is 18.3 Å². The summed E-state index contributed by atoms with van der Waals surface area (Å²) < 4.78 is 39.5. The first kappa shape index (κ1) is 25.4. The molecule has 1 aromatic carbocycles. The monoisotopic (exact) mass is 550 g/mol. The fourth-order valence-corrected chi connectivity index (χ4v) is 3.68. The van der Waals surface area contributed by atoms with Crippen molar-refractivity contribution in [2.24, 2.45) is 4.99 Å². The normalized spacial score (nSPS) is 17.5. The Morgan fingerprint density at radius 1 is 1.26 bits per heavy atom. The van der Waals surface area contributed by atoms with Crippen molar-refractivity contribution in [1.82, 2.24) is 25.3 Å². The van der Waals surface area contributed by atoms with Crippen LogP contribution in [0.4, 0.5) is 13.2 Å². The number of hydrogen-bond donors (Lipinski definition) is 2. The number of alkyl halides is 3. The lowest BCUT2D eigenvalue weighted by atomic mass is 10.1. The standard InChI is InChI=1S/C21H29F3N6.HI/c1-16-17(13-30(28-16)19-8-4-3-5-9-19)7-6-11-26-20(25-2)27-18-10-12-29(14-18)15-21(22,23)24;/h3-5,8-9,13,18H,6-7,10-12,14-15H2,1-2H3,(H2,25,26,27);1H. The average molecular weight is 550 g/mol. The van der Waals surface area contributed by atoms with Gasteiger partial charge in [-0.1, -0.05) is 18.2 Å². The Labute approximate surface area is 198 Å². The number of nitrogens with one attached hydrogen (secondary N) is 2. The molecule has 1 aliphatic rings. The zero-order valence-electron chi connectivity index (χ0n) is 17.8. The Morgan fingerprint density at radius 2 is 2.00 bits per heavy atom. The van der Waals surface area contributed by atoms with Gasteiger partial charge in [0.1, 0.15) is 0 Å². The van der Waals surface area contributed by atoms with Crippen molar-refractivity contribution < 1.29 is 13.2 Å². The topological polar surface area (TPSA) is 57.5 Å². The van der Waals surface area contributed by atoms with E-state index in [9.17, 15) is 13.2 Å². The Kier molecular flexibility index (Phi) is 9.60. The predicted molar refractivity (Wildman–Crippen MR) is 127 cm³/mol. The fourth-order valence-electron chi connectivity index (χ4n) is 3.68. The number of nitrogens with zero attached hydrogens (tertiary/aromatic N) is 4. The van der Waals surface area contributed by atoms with Crippen LogP contribution < -0.4 is 10.6 Å². The molecule has 2 N–H and O–H groups in total. The Bertz CT molecular complexity index is 837. The molecular weight excluding hydrogens is 520 g/mol. The van der Waals surface area contributed by atoms with E-state index in [2.05, 4.69) is 26.9 Å². The molecule has 6 nitrogen and oxygen atoms in total. The number of para-hydroxylation sites is 1. The van der Waals surface area contributed by atoms with E-state index in [-0.39, 0.29) is 30.0 Å². The number of aliphatic imine (C=N–C) groups is 1. The van der Waals surface area contributed by atoms with Crippen molar-refractivity contribution >= 4 is 29.9 Å². The summed E-state index contributed by atoms with van der Waals surface area (Å²) >= 11 is 0. The van der Waals surface area contributed by atoms with Gasteiger partial charge in [-0.25, -0.2) is 4.68 Å². The first-order valence-corrected chi connectivity index (χ1v) is 10.2. The van der Waals surface area contributed by atoms with E-state index in [4.69, 9.17) is 0 Å². The van der Waals surface area contributed by atoms with E-state index in [0.29, 0.717) is 32.0 Å². The molecule has 2 heterocycles. The van der Waals surface area contributed by atoms with Crippen molar-refractivity contribution in [1.29, 1.82) is 0 Å². The van der Waals surface area contributed by atoms with Crippen LogP contribution in [0.5, 0.6) is 0 Å². The minimum atomic E-state index is -4.15. The van der Waals surface area contributed by atoms with Gasteiger partial charge in [0.05, 0.1) is 17.9 Å². The van der Waals surface area contributed by atoms with Crippen LogP contribution in [0.25, 0.3) is 5.69 Å². The van der Waals surface area contributed by atoms with E-state index in [1.54, 1.807) is 7.05 Å². The molecule has 1 atom stereocenters. The molecule has 1 saturated heterocycles. The summed E-state index contributed by atoms with van der Waals surface area (Å²) in [5.74, 6) is 0.630. The number of rotatable bonds is 7. The van der Waals surface area contributed by atoms with Gasteiger partial charge < -0.3 is 10.6 Å². The molecule has 2 aromatic rings. The highest BCUT2D eigenvalue weighted by molar-refractivity contribution is 14.0. The van der Waals surface area contributed by atoms with Gasteiger partial charge in [-0.15, -0.1) is 24.0 Å². The van der Waals surface area contributed by atoms with Crippen LogP contribution in [0.1, 0.15) is 24.1 Å². The molecule has 3 rings (SSSR count). The van der Waals surface area contributed by atoms with Crippen molar-refractivity contribution in [3.8, 4) is 5.69 Å². The molecule has 1 aromatic heterocycles. The van der Waals surface area contributed by atoms with Crippen molar-refractivity contribution in [2.75, 3.05) is 33.2 Å². The first-order valence-electron chi connectivity index (χ1n) is 10.2. The quantitative estimate of drug-likeness (QED) is 0.240. The number of benzene rings is 1. The Morgan fingerprint density at radius 3 is 2.68 bits per heavy atom. The van der Waals surface area contributed by atoms with Crippen molar-refractivity contribution in [2.45, 2.75) is 38.4 Å². The molecule has 1 fully saturated rings. The zero-order chi connectivity index (χ0) is 21.6. The Hall–Kier alpha value is -1.82. The molecule has 0 radical (unpaired) electrons. The maximum absolute atomic E-state index is 12.5. The van der Waals surface area contributed by atoms with Crippen LogP contribution in [0.15, 0.2) is 41.5 Å². The molecule has 172 valence electrons. The van der Waals surface area contributed by atoms with Crippen molar-refractivity contribution in [3.63, 3.8) is 0 Å². The third-order valence-corrected chi connectivity index (χ3v) is 5.18. The van der Waals surface area contributed by atoms with E-state index in [1.165, 1.54) is 10.5 Å². The highest BCUT2D eigenvalue weighted by atomic mass is 127. The second-order valence-corrected chi connectivity index (χ2v) is 7.60. The van der Waals surface area contributed by atoms with Gasteiger partial charge in [0.2, 0.25) is 0 Å². The lowest BCUT2D eigenvalue weighted by Crippen LogP contribution is -2.45. The molecule has 0 amide bonds. The number of guanidine groups is 1. The van der Waals surface area contributed by atoms with Crippen LogP contribution in [0.3, 0.4) is 0 Å². The third-order valence-electron chi connectivity index (χ3n) is 5.18. The summed E-state index contributed by atoms with van der Waals surface area (Å²) in [6.07, 6.45) is 0.361. The molecule has 1 unspecified atom stereocenters. The van der Waals surface area contributed by atoms with E-state index in [1.807, 2.05) is 41.9 Å². The van der Waals surface area contributed by atoms with Crippen LogP contribution in [-0.4, -0.2) is 66.1 Å². The van der Waals surface area contributed by atoms with Crippen molar-refractivity contribution in [3.05, 3.63) is 47.8 Å². The predicted octanol–water partition coefficient (Wildman–Crippen LogP) is 3.53. The van der Waals surface area contributed by atoms with Crippen LogP contribution in [-0.2, 0) is 6.42 Å². The maximum atomic E-state index is 12.5. The summed E-state index contributed by atoms with van der Waals surface area (Å²) in [5, 5.41) is 11.1. The third kappa shape index (κ3) is 7.99. The van der Waals surface area contributed by atoms with Gasteiger partial charge in [-0.3, -0.25) is 9.89 Å². The van der Waals surface area contributed by atoms with E-state index < -0.39 is 12.7 Å². The van der Waals surface area contributed by atoms with Gasteiger partial charge in [0.25, 0.3) is 0 Å². The zero-order valence-corrected chi connectivity index (χ0v) is 20.2. The summed E-state index contributed by atoms with van der Waals surface area (Å²) in [6.45, 7) is 2.69. The van der Waals surface area contributed by atoms with Gasteiger partial charge in [0, 0.05) is 38.9 Å². The van der Waals surface area contributed by atoms with Gasteiger partial charge in [-0.05, 0) is 43.9 Å². The number of aryl methyl sites for hydroxylation is 2. The second-order valence-electron chi connectivity index (χ2n) is 7.60. The van der Waals surface area contributed by atoms with E-state index >= 15 is 0 Å². The fraction of sp³-hybridized carbons (Fsp3) is 0.524. The van der Waals surface area contributed by atoms with Gasteiger partial charge >= 0.3 is 6.18 Å². The maximum Gasteiger partial charge on any atom is 0.401 e. The second kappa shape index (κ2) is 11.7. The van der Waals surface area contributed by atoms with Crippen LogP contribution >= 0.6 is 24.0 Å². The summed E-state index contributed by atoms with van der Waals surface area (Å²) in [6, 6.07) is 9.97. The molecule has 31 heavy (non-hydrogen) atoms. The SMILES string of the molecule is CN=C(NCCCc1cn(-c2ccccc2)nc1C)NC1CCN(CC(F)(F)F)C1.I. The summed E-state index contributed by atoms with van der Waals surface area (Å²) in [7, 11) is 1.67. The molecule has 0 spiro atoms. The molecule has 0 saturated carbocycles. The number of likely N-dealkylation sites (tertiary alicyclic amines) is 1. The first-order chi connectivity index (χ1) is 14.3. The minimum absolute atomic E-state index is 0. The summed E-state index contributed by atoms with van der Waals surface area (Å²) in [4.78, 5) is 5.62. The molecule has 0 aliphatic carbocycles. The number of hydrogen-bond acceptors (Lipinski definition) is 3. The lowest BCUT2D eigenvalue weighted by molar-refractivity contribution is -0.143. The van der Waals surface area contributed by atoms with Crippen LogP contribution in [0, 0.1) is 6.92 Å². The number of aromatic nitrogens is 2. The average Bonchev–Trinajstić information content (AvgIpc) is 3.29. The summed E-state index contributed by atoms with van der Waals surface area (Å²) in [5.41, 5.74) is 3.24. The highest BCUT2D eigenvalue weighted by Crippen LogP contribution is 2.20. The molecule has 1 aliphatic heterocycles. The van der Waals surface area contributed by atoms with E-state index in [0.717, 1.165) is 24.2 Å².